The van der Waals surface area contributed by atoms with Crippen molar-refractivity contribution in [1.29, 1.82) is 0 Å². The average molecular weight is 391 g/mol. The van der Waals surface area contributed by atoms with E-state index in [9.17, 15) is 14.4 Å². The second-order valence-electron chi connectivity index (χ2n) is 6.22. The molecule has 0 bridgehead atoms. The second-order valence-corrected chi connectivity index (χ2v) is 7.33. The highest BCUT2D eigenvalue weighted by atomic mass is 32.1. The van der Waals surface area contributed by atoms with Crippen molar-refractivity contribution in [1.82, 2.24) is 4.90 Å². The molecule has 1 aliphatic heterocycles. The van der Waals surface area contributed by atoms with Crippen molar-refractivity contribution in [2.45, 2.75) is 33.7 Å². The molecule has 3 rings (SSSR count). The highest BCUT2D eigenvalue weighted by Gasteiger charge is 2.30. The first-order valence-corrected chi connectivity index (χ1v) is 9.37. The van der Waals surface area contributed by atoms with E-state index < -0.39 is 12.0 Å². The molecule has 0 unspecified atom stereocenters. The van der Waals surface area contributed by atoms with Gasteiger partial charge in [0.2, 0.25) is 0 Å². The normalized spacial score (nSPS) is 13.2. The van der Waals surface area contributed by atoms with Crippen LogP contribution in [0.2, 0.25) is 0 Å². The largest absolute Gasteiger partial charge is 0.466 e. The number of hydrogen-bond acceptors (Lipinski definition) is 6. The molecule has 0 saturated carbocycles. The summed E-state index contributed by atoms with van der Waals surface area (Å²) < 4.78 is 10.4. The predicted molar refractivity (Wildman–Crippen MR) is 100 cm³/mol. The van der Waals surface area contributed by atoms with E-state index in [0.29, 0.717) is 53.8 Å². The van der Waals surface area contributed by atoms with Crippen LogP contribution in [-0.2, 0) is 17.7 Å². The van der Waals surface area contributed by atoms with Gasteiger partial charge in [-0.3, -0.25) is 9.59 Å². The third kappa shape index (κ3) is 3.68. The maximum atomic E-state index is 12.6. The van der Waals surface area contributed by atoms with Crippen LogP contribution in [0.1, 0.15) is 49.6 Å². The number of primary amides is 1. The predicted octanol–water partition coefficient (Wildman–Crippen LogP) is 2.82. The number of furan rings is 1. The van der Waals surface area contributed by atoms with Crippen LogP contribution < -0.4 is 11.1 Å². The Balaban J connectivity index is 1.89. The van der Waals surface area contributed by atoms with E-state index in [-0.39, 0.29) is 5.91 Å². The van der Waals surface area contributed by atoms with E-state index in [1.165, 1.54) is 11.3 Å². The zero-order valence-electron chi connectivity index (χ0n) is 15.4. The van der Waals surface area contributed by atoms with Crippen molar-refractivity contribution in [2.24, 2.45) is 5.73 Å². The molecule has 27 heavy (non-hydrogen) atoms. The van der Waals surface area contributed by atoms with E-state index in [2.05, 4.69) is 5.32 Å². The molecule has 0 atom stereocenters. The molecule has 1 aliphatic rings. The first kappa shape index (κ1) is 19.0. The lowest BCUT2D eigenvalue weighted by Crippen LogP contribution is -2.36. The fourth-order valence-corrected chi connectivity index (χ4v) is 4.41. The van der Waals surface area contributed by atoms with Gasteiger partial charge >= 0.3 is 6.09 Å². The first-order chi connectivity index (χ1) is 12.8. The summed E-state index contributed by atoms with van der Waals surface area (Å²) in [5.41, 5.74) is 7.06. The zero-order chi connectivity index (χ0) is 19.7. The average Bonchev–Trinajstić information content (AvgIpc) is 3.13. The van der Waals surface area contributed by atoms with Crippen molar-refractivity contribution in [3.63, 3.8) is 0 Å². The minimum atomic E-state index is -0.604. The van der Waals surface area contributed by atoms with Gasteiger partial charge in [-0.25, -0.2) is 4.79 Å². The summed E-state index contributed by atoms with van der Waals surface area (Å²) in [4.78, 5) is 39.0. The topological polar surface area (TPSA) is 115 Å². The van der Waals surface area contributed by atoms with Gasteiger partial charge in [-0.15, -0.1) is 11.3 Å². The molecule has 0 fully saturated rings. The lowest BCUT2D eigenvalue weighted by atomic mass is 10.0. The van der Waals surface area contributed by atoms with E-state index in [4.69, 9.17) is 14.9 Å². The van der Waals surface area contributed by atoms with E-state index in [1.807, 2.05) is 0 Å². The fourth-order valence-electron chi connectivity index (χ4n) is 3.15. The quantitative estimate of drug-likeness (QED) is 0.832. The minimum Gasteiger partial charge on any atom is -0.466 e. The van der Waals surface area contributed by atoms with Crippen LogP contribution >= 0.6 is 11.3 Å². The van der Waals surface area contributed by atoms with Crippen molar-refractivity contribution in [3.05, 3.63) is 39.2 Å². The van der Waals surface area contributed by atoms with Gasteiger partial charge in [0.25, 0.3) is 11.8 Å². The van der Waals surface area contributed by atoms with Gasteiger partial charge in [0.1, 0.15) is 16.5 Å². The van der Waals surface area contributed by atoms with Crippen LogP contribution in [0.3, 0.4) is 0 Å². The summed E-state index contributed by atoms with van der Waals surface area (Å²) in [6.45, 7) is 6.25. The van der Waals surface area contributed by atoms with Gasteiger partial charge in [0, 0.05) is 11.4 Å². The molecule has 144 valence electrons. The monoisotopic (exact) mass is 391 g/mol. The van der Waals surface area contributed by atoms with Crippen LogP contribution in [0.15, 0.2) is 10.5 Å². The fraction of sp³-hybridized carbons (Fsp3) is 0.389. The number of thiophene rings is 1. The molecule has 0 aliphatic carbocycles. The van der Waals surface area contributed by atoms with Crippen molar-refractivity contribution in [2.75, 3.05) is 18.5 Å². The number of hydrogen-bond donors (Lipinski definition) is 2. The van der Waals surface area contributed by atoms with Gasteiger partial charge < -0.3 is 25.1 Å². The molecule has 3 amide bonds. The third-order valence-corrected chi connectivity index (χ3v) is 5.47. The molecule has 0 aromatic carbocycles. The van der Waals surface area contributed by atoms with Gasteiger partial charge in [-0.2, -0.15) is 0 Å². The number of carbonyl (C=O) groups excluding carboxylic acids is 3. The molecule has 0 saturated heterocycles. The lowest BCUT2D eigenvalue weighted by molar-refractivity contribution is 0.0997. The standard InChI is InChI=1S/C18H21N3O5S/c1-4-25-18(24)21-6-5-11-13(8-21)27-17(14(11)15(19)22)20-16(23)12-7-9(2)26-10(12)3/h7H,4-6,8H2,1-3H3,(H2,19,22)(H,20,23). The van der Waals surface area contributed by atoms with Gasteiger partial charge in [-0.1, -0.05) is 0 Å². The smallest absolute Gasteiger partial charge is 0.410 e. The lowest BCUT2D eigenvalue weighted by Gasteiger charge is -2.26. The molecule has 2 aromatic heterocycles. The number of aryl methyl sites for hydroxylation is 2. The number of nitrogens with two attached hydrogens (primary N) is 1. The van der Waals surface area contributed by atoms with Crippen molar-refractivity contribution >= 4 is 34.2 Å². The molecule has 3 heterocycles. The molecular formula is C18H21N3O5S. The highest BCUT2D eigenvalue weighted by molar-refractivity contribution is 7.17. The van der Waals surface area contributed by atoms with Crippen LogP contribution in [-0.4, -0.2) is 36.0 Å². The molecular weight excluding hydrogens is 370 g/mol. The number of anilines is 1. The SMILES string of the molecule is CCOC(=O)N1CCc2c(sc(NC(=O)c3cc(C)oc3C)c2C(N)=O)C1. The van der Waals surface area contributed by atoms with Gasteiger partial charge in [0.05, 0.1) is 24.3 Å². The maximum absolute atomic E-state index is 12.6. The third-order valence-electron chi connectivity index (χ3n) is 4.34. The number of nitrogens with zero attached hydrogens (tertiary/aromatic N) is 1. The Hall–Kier alpha value is -2.81. The summed E-state index contributed by atoms with van der Waals surface area (Å²) >= 11 is 1.25. The number of carbonyl (C=O) groups is 3. The maximum Gasteiger partial charge on any atom is 0.410 e. The van der Waals surface area contributed by atoms with E-state index in [1.54, 1.807) is 31.7 Å². The van der Waals surface area contributed by atoms with Crippen LogP contribution in [0, 0.1) is 13.8 Å². The Morgan fingerprint density at radius 1 is 1.37 bits per heavy atom. The number of nitrogens with one attached hydrogen (secondary N) is 1. The highest BCUT2D eigenvalue weighted by Crippen LogP contribution is 2.37. The molecule has 3 N–H and O–H groups in total. The van der Waals surface area contributed by atoms with Crippen molar-refractivity contribution < 1.29 is 23.5 Å². The van der Waals surface area contributed by atoms with Gasteiger partial charge in [0.15, 0.2) is 0 Å². The molecule has 0 spiro atoms. The summed E-state index contributed by atoms with van der Waals surface area (Å²) in [5, 5.41) is 3.16. The number of rotatable bonds is 4. The first-order valence-electron chi connectivity index (χ1n) is 8.56. The van der Waals surface area contributed by atoms with Crippen molar-refractivity contribution in [3.8, 4) is 0 Å². The molecule has 2 aromatic rings. The number of ether oxygens (including phenoxy) is 1. The Morgan fingerprint density at radius 3 is 2.70 bits per heavy atom. The van der Waals surface area contributed by atoms with Crippen LogP contribution in [0.5, 0.6) is 0 Å². The Bertz CT molecular complexity index is 914. The van der Waals surface area contributed by atoms with Crippen LogP contribution in [0.25, 0.3) is 0 Å². The Morgan fingerprint density at radius 2 is 2.11 bits per heavy atom. The zero-order valence-corrected chi connectivity index (χ0v) is 16.2. The van der Waals surface area contributed by atoms with E-state index >= 15 is 0 Å². The minimum absolute atomic E-state index is 0.296. The van der Waals surface area contributed by atoms with Crippen LogP contribution in [0.4, 0.5) is 9.80 Å². The summed E-state index contributed by atoms with van der Waals surface area (Å²) in [6.07, 6.45) is 0.0788. The summed E-state index contributed by atoms with van der Waals surface area (Å²) in [5.74, 6) is 0.156. The summed E-state index contributed by atoms with van der Waals surface area (Å²) in [6, 6.07) is 1.64. The number of fused-ring (bicyclic) bond motifs is 1. The van der Waals surface area contributed by atoms with Gasteiger partial charge in [-0.05, 0) is 38.8 Å². The second kappa shape index (κ2) is 7.43. The Kier molecular flexibility index (Phi) is 5.22. The molecule has 9 heteroatoms. The summed E-state index contributed by atoms with van der Waals surface area (Å²) in [7, 11) is 0. The molecule has 0 radical (unpaired) electrons. The molecule has 8 nitrogen and oxygen atoms in total. The number of amides is 3. The Labute approximate surface area is 160 Å². The van der Waals surface area contributed by atoms with E-state index in [0.717, 1.165) is 10.4 Å².